The van der Waals surface area contributed by atoms with Crippen molar-refractivity contribution in [3.8, 4) is 11.5 Å². The molecule has 0 radical (unpaired) electrons. The van der Waals surface area contributed by atoms with Crippen molar-refractivity contribution in [1.82, 2.24) is 5.32 Å². The molecule has 1 aliphatic heterocycles. The van der Waals surface area contributed by atoms with E-state index < -0.39 is 0 Å². The fourth-order valence-corrected chi connectivity index (χ4v) is 2.78. The van der Waals surface area contributed by atoms with Crippen molar-refractivity contribution in [2.75, 3.05) is 20.8 Å². The highest BCUT2D eigenvalue weighted by molar-refractivity contribution is 8.18. The molecule has 0 saturated carbocycles. The van der Waals surface area contributed by atoms with Gasteiger partial charge >= 0.3 is 0 Å². The molecular formula is C16H20N2O3S. The molecule has 1 fully saturated rings. The normalized spacial score (nSPS) is 17.9. The molecule has 0 atom stereocenters. The van der Waals surface area contributed by atoms with Crippen LogP contribution in [0.15, 0.2) is 28.1 Å². The van der Waals surface area contributed by atoms with Gasteiger partial charge in [-0.05, 0) is 42.0 Å². The summed E-state index contributed by atoms with van der Waals surface area (Å²) in [6.07, 6.45) is 3.93. The van der Waals surface area contributed by atoms with E-state index in [0.717, 1.165) is 24.9 Å². The number of ether oxygens (including phenoxy) is 2. The van der Waals surface area contributed by atoms with Gasteiger partial charge in [0, 0.05) is 6.54 Å². The van der Waals surface area contributed by atoms with E-state index in [4.69, 9.17) is 9.47 Å². The smallest absolute Gasteiger partial charge is 0.264 e. The van der Waals surface area contributed by atoms with Crippen LogP contribution in [0.25, 0.3) is 6.08 Å². The molecule has 1 amide bonds. The van der Waals surface area contributed by atoms with Gasteiger partial charge in [0.15, 0.2) is 16.7 Å². The van der Waals surface area contributed by atoms with E-state index in [2.05, 4.69) is 17.2 Å². The monoisotopic (exact) mass is 320 g/mol. The molecule has 6 heteroatoms. The lowest BCUT2D eigenvalue weighted by Crippen LogP contribution is -2.19. The second-order valence-corrected chi connectivity index (χ2v) is 5.75. The predicted octanol–water partition coefficient (Wildman–Crippen LogP) is 3.06. The van der Waals surface area contributed by atoms with Gasteiger partial charge < -0.3 is 14.8 Å². The SMILES string of the molecule is CCCCN=C1NC(=O)C(=Cc2ccc(OC)c(OC)c2)S1. The van der Waals surface area contributed by atoms with Gasteiger partial charge in [0.2, 0.25) is 0 Å². The third-order valence-corrected chi connectivity index (χ3v) is 4.07. The maximum absolute atomic E-state index is 12.0. The highest BCUT2D eigenvalue weighted by Crippen LogP contribution is 2.31. The Morgan fingerprint density at radius 2 is 2.05 bits per heavy atom. The van der Waals surface area contributed by atoms with Crippen molar-refractivity contribution < 1.29 is 14.3 Å². The maximum Gasteiger partial charge on any atom is 0.264 e. The van der Waals surface area contributed by atoms with Gasteiger partial charge in [-0.25, -0.2) is 0 Å². The molecule has 1 saturated heterocycles. The van der Waals surface area contributed by atoms with Gasteiger partial charge in [0.05, 0.1) is 19.1 Å². The van der Waals surface area contributed by atoms with Crippen molar-refractivity contribution in [2.24, 2.45) is 4.99 Å². The standard InChI is InChI=1S/C16H20N2O3S/c1-4-5-8-17-16-18-15(19)14(22-16)10-11-6-7-12(20-2)13(9-11)21-3/h6-7,9-10H,4-5,8H2,1-3H3,(H,17,18,19). The number of unbranched alkanes of at least 4 members (excludes halogenated alkanes) is 1. The van der Waals surface area contributed by atoms with Crippen LogP contribution in [0.4, 0.5) is 0 Å². The van der Waals surface area contributed by atoms with Crippen LogP contribution in [0, 0.1) is 0 Å². The Morgan fingerprint density at radius 3 is 2.73 bits per heavy atom. The number of rotatable bonds is 6. The van der Waals surface area contributed by atoms with Crippen LogP contribution in [0.3, 0.4) is 0 Å². The highest BCUT2D eigenvalue weighted by atomic mass is 32.2. The van der Waals surface area contributed by atoms with Crippen LogP contribution < -0.4 is 14.8 Å². The zero-order valence-corrected chi connectivity index (χ0v) is 13.8. The first-order valence-electron chi connectivity index (χ1n) is 7.15. The number of aliphatic imine (C=N–C) groups is 1. The highest BCUT2D eigenvalue weighted by Gasteiger charge is 2.23. The first-order valence-corrected chi connectivity index (χ1v) is 7.97. The summed E-state index contributed by atoms with van der Waals surface area (Å²) in [6, 6.07) is 5.54. The number of methoxy groups -OCH3 is 2. The van der Waals surface area contributed by atoms with Crippen molar-refractivity contribution >= 4 is 28.9 Å². The van der Waals surface area contributed by atoms with Gasteiger partial charge in [-0.15, -0.1) is 0 Å². The topological polar surface area (TPSA) is 59.9 Å². The Bertz CT molecular complexity index is 611. The lowest BCUT2D eigenvalue weighted by atomic mass is 10.2. The Labute approximate surface area is 134 Å². The molecular weight excluding hydrogens is 300 g/mol. The molecule has 2 rings (SSSR count). The molecule has 0 bridgehead atoms. The number of nitrogens with zero attached hydrogens (tertiary/aromatic N) is 1. The third kappa shape index (κ3) is 4.04. The van der Waals surface area contributed by atoms with Crippen LogP contribution in [-0.4, -0.2) is 31.8 Å². The van der Waals surface area contributed by atoms with Crippen molar-refractivity contribution in [3.63, 3.8) is 0 Å². The minimum absolute atomic E-state index is 0.116. The van der Waals surface area contributed by atoms with E-state index >= 15 is 0 Å². The van der Waals surface area contributed by atoms with Crippen LogP contribution in [0.1, 0.15) is 25.3 Å². The number of amides is 1. The summed E-state index contributed by atoms with van der Waals surface area (Å²) in [4.78, 5) is 17.0. The number of nitrogens with one attached hydrogen (secondary N) is 1. The Kier molecular flexibility index (Phi) is 5.89. The molecule has 5 nitrogen and oxygen atoms in total. The molecule has 1 N–H and O–H groups in total. The zero-order valence-electron chi connectivity index (χ0n) is 13.0. The van der Waals surface area contributed by atoms with Crippen molar-refractivity contribution in [3.05, 3.63) is 28.7 Å². The Morgan fingerprint density at radius 1 is 1.27 bits per heavy atom. The largest absolute Gasteiger partial charge is 0.493 e. The van der Waals surface area contributed by atoms with E-state index in [0.29, 0.717) is 21.6 Å². The van der Waals surface area contributed by atoms with Crippen LogP contribution in [0.5, 0.6) is 11.5 Å². The number of carbonyl (C=O) groups is 1. The predicted molar refractivity (Wildman–Crippen MR) is 90.5 cm³/mol. The first-order chi connectivity index (χ1) is 10.7. The summed E-state index contributed by atoms with van der Waals surface area (Å²) in [7, 11) is 3.18. The van der Waals surface area contributed by atoms with Crippen LogP contribution in [-0.2, 0) is 4.79 Å². The third-order valence-electron chi connectivity index (χ3n) is 3.12. The average molecular weight is 320 g/mol. The van der Waals surface area contributed by atoms with Crippen LogP contribution in [0.2, 0.25) is 0 Å². The number of benzene rings is 1. The van der Waals surface area contributed by atoms with E-state index in [9.17, 15) is 4.79 Å². The summed E-state index contributed by atoms with van der Waals surface area (Å²) >= 11 is 1.37. The number of thioether (sulfide) groups is 1. The van der Waals surface area contributed by atoms with E-state index in [1.54, 1.807) is 14.2 Å². The number of hydrogen-bond donors (Lipinski definition) is 1. The van der Waals surface area contributed by atoms with Gasteiger partial charge in [0.1, 0.15) is 0 Å². The molecule has 0 aromatic heterocycles. The summed E-state index contributed by atoms with van der Waals surface area (Å²) < 4.78 is 10.5. The minimum atomic E-state index is -0.116. The fraction of sp³-hybridized carbons (Fsp3) is 0.375. The van der Waals surface area contributed by atoms with Gasteiger partial charge in [-0.2, -0.15) is 0 Å². The molecule has 118 valence electrons. The lowest BCUT2D eigenvalue weighted by molar-refractivity contribution is -0.115. The minimum Gasteiger partial charge on any atom is -0.493 e. The Balaban J connectivity index is 2.16. The lowest BCUT2D eigenvalue weighted by Gasteiger charge is -2.07. The summed E-state index contributed by atoms with van der Waals surface area (Å²) in [6.45, 7) is 2.85. The molecule has 0 unspecified atom stereocenters. The van der Waals surface area contributed by atoms with Crippen molar-refractivity contribution in [1.29, 1.82) is 0 Å². The van der Waals surface area contributed by atoms with Gasteiger partial charge in [-0.3, -0.25) is 9.79 Å². The van der Waals surface area contributed by atoms with E-state index in [1.807, 2.05) is 24.3 Å². The number of amidine groups is 1. The molecule has 1 aliphatic rings. The molecule has 0 spiro atoms. The number of hydrogen-bond acceptors (Lipinski definition) is 5. The molecule has 22 heavy (non-hydrogen) atoms. The average Bonchev–Trinajstić information content (AvgIpc) is 2.87. The second kappa shape index (κ2) is 7.89. The molecule has 1 heterocycles. The first kappa shape index (κ1) is 16.4. The Hall–Kier alpha value is -1.95. The summed E-state index contributed by atoms with van der Waals surface area (Å²) in [5.74, 6) is 1.18. The van der Waals surface area contributed by atoms with Gasteiger partial charge in [-0.1, -0.05) is 19.4 Å². The molecule has 1 aromatic rings. The number of carbonyl (C=O) groups excluding carboxylic acids is 1. The quantitative estimate of drug-likeness (QED) is 0.646. The van der Waals surface area contributed by atoms with Crippen molar-refractivity contribution in [2.45, 2.75) is 19.8 Å². The summed E-state index contributed by atoms with van der Waals surface area (Å²) in [5.41, 5.74) is 0.880. The zero-order chi connectivity index (χ0) is 15.9. The van der Waals surface area contributed by atoms with E-state index in [-0.39, 0.29) is 5.91 Å². The fourth-order valence-electron chi connectivity index (χ4n) is 1.93. The maximum atomic E-state index is 12.0. The molecule has 0 aliphatic carbocycles. The van der Waals surface area contributed by atoms with Crippen LogP contribution >= 0.6 is 11.8 Å². The van der Waals surface area contributed by atoms with E-state index in [1.165, 1.54) is 11.8 Å². The second-order valence-electron chi connectivity index (χ2n) is 4.72. The van der Waals surface area contributed by atoms with Gasteiger partial charge in [0.25, 0.3) is 5.91 Å². The summed E-state index contributed by atoms with van der Waals surface area (Å²) in [5, 5.41) is 3.46. The molecule has 1 aromatic carbocycles.